The summed E-state index contributed by atoms with van der Waals surface area (Å²) in [6, 6.07) is 0. The lowest BCUT2D eigenvalue weighted by molar-refractivity contribution is -0.385. The van der Waals surface area contributed by atoms with Crippen molar-refractivity contribution in [2.24, 2.45) is 0 Å². The summed E-state index contributed by atoms with van der Waals surface area (Å²) in [5, 5.41) is 25.9. The second kappa shape index (κ2) is 6.64. The lowest BCUT2D eigenvalue weighted by Gasteiger charge is -2.03. The van der Waals surface area contributed by atoms with Crippen molar-refractivity contribution in [3.8, 4) is 0 Å². The number of nitro groups is 1. The lowest BCUT2D eigenvalue weighted by atomic mass is 10.2. The van der Waals surface area contributed by atoms with Crippen molar-refractivity contribution in [1.29, 1.82) is 0 Å². The minimum atomic E-state index is -1.22. The molecule has 0 atom stereocenters. The number of rotatable bonds is 7. The van der Waals surface area contributed by atoms with Gasteiger partial charge in [-0.3, -0.25) is 24.4 Å². The van der Waals surface area contributed by atoms with Gasteiger partial charge in [0.2, 0.25) is 5.69 Å². The third-order valence-corrected chi connectivity index (χ3v) is 2.58. The average molecular weight is 284 g/mol. The zero-order chi connectivity index (χ0) is 15.3. The Morgan fingerprint density at radius 1 is 1.45 bits per heavy atom. The minimum Gasteiger partial charge on any atom is -0.480 e. The third kappa shape index (κ3) is 3.31. The van der Waals surface area contributed by atoms with Crippen molar-refractivity contribution in [2.75, 3.05) is 6.54 Å². The van der Waals surface area contributed by atoms with Crippen LogP contribution >= 0.6 is 0 Å². The molecule has 0 unspecified atom stereocenters. The molecular weight excluding hydrogens is 268 g/mol. The standard InChI is InChI=1S/C11H16N4O5/c1-3-5-7-9(15(19)20)10(14(4-2)13-7)11(18)12-6-8(16)17/h3-6H2,1-2H3,(H,12,18)(H,16,17). The lowest BCUT2D eigenvalue weighted by Crippen LogP contribution is -2.31. The van der Waals surface area contributed by atoms with E-state index in [4.69, 9.17) is 5.11 Å². The highest BCUT2D eigenvalue weighted by Gasteiger charge is 2.31. The van der Waals surface area contributed by atoms with Crippen LogP contribution in [0.1, 0.15) is 36.5 Å². The highest BCUT2D eigenvalue weighted by atomic mass is 16.6. The number of carbonyl (C=O) groups excluding carboxylic acids is 1. The van der Waals surface area contributed by atoms with Crippen molar-refractivity contribution >= 4 is 17.6 Å². The Morgan fingerprint density at radius 3 is 2.55 bits per heavy atom. The summed E-state index contributed by atoms with van der Waals surface area (Å²) in [5.41, 5.74) is -0.321. The van der Waals surface area contributed by atoms with Gasteiger partial charge in [0.05, 0.1) is 4.92 Å². The zero-order valence-electron chi connectivity index (χ0n) is 11.3. The molecule has 0 saturated carbocycles. The SMILES string of the molecule is CCCc1nn(CC)c(C(=O)NCC(=O)O)c1[N+](=O)[O-]. The summed E-state index contributed by atoms with van der Waals surface area (Å²) in [5.74, 6) is -2.03. The zero-order valence-corrected chi connectivity index (χ0v) is 11.3. The van der Waals surface area contributed by atoms with E-state index in [1.165, 1.54) is 4.68 Å². The fourth-order valence-corrected chi connectivity index (χ4v) is 1.79. The molecule has 1 aromatic heterocycles. The van der Waals surface area contributed by atoms with Gasteiger partial charge in [0, 0.05) is 6.54 Å². The van der Waals surface area contributed by atoms with Crippen LogP contribution in [0, 0.1) is 10.1 Å². The van der Waals surface area contributed by atoms with Crippen LogP contribution in [0.5, 0.6) is 0 Å². The average Bonchev–Trinajstić information content (AvgIpc) is 2.75. The summed E-state index contributed by atoms with van der Waals surface area (Å²) in [6.07, 6.45) is 1.03. The van der Waals surface area contributed by atoms with E-state index >= 15 is 0 Å². The summed E-state index contributed by atoms with van der Waals surface area (Å²) in [6.45, 7) is 3.22. The van der Waals surface area contributed by atoms with Gasteiger partial charge in [0.1, 0.15) is 12.2 Å². The number of hydrogen-bond donors (Lipinski definition) is 2. The molecule has 0 aliphatic heterocycles. The molecule has 0 aromatic carbocycles. The Balaban J connectivity index is 3.23. The molecule has 0 fully saturated rings. The number of carboxylic acid groups (broad SMARTS) is 1. The van der Waals surface area contributed by atoms with Gasteiger partial charge in [-0.05, 0) is 13.3 Å². The Hall–Kier alpha value is -2.45. The predicted octanol–water partition coefficient (Wildman–Crippen LogP) is 0.578. The van der Waals surface area contributed by atoms with Gasteiger partial charge in [-0.2, -0.15) is 5.10 Å². The molecule has 0 aliphatic carbocycles. The number of nitrogens with zero attached hydrogens (tertiary/aromatic N) is 3. The quantitative estimate of drug-likeness (QED) is 0.556. The fourth-order valence-electron chi connectivity index (χ4n) is 1.79. The first kappa shape index (κ1) is 15.6. The van der Waals surface area contributed by atoms with Crippen LogP contribution in [0.15, 0.2) is 0 Å². The molecule has 1 heterocycles. The number of aryl methyl sites for hydroxylation is 2. The van der Waals surface area contributed by atoms with Gasteiger partial charge in [-0.25, -0.2) is 0 Å². The van der Waals surface area contributed by atoms with Crippen LogP contribution in [0.4, 0.5) is 5.69 Å². The van der Waals surface area contributed by atoms with Gasteiger partial charge < -0.3 is 10.4 Å². The molecule has 9 heteroatoms. The number of aliphatic carboxylic acids is 1. The van der Waals surface area contributed by atoms with E-state index in [1.54, 1.807) is 6.92 Å². The van der Waals surface area contributed by atoms with E-state index in [-0.39, 0.29) is 23.6 Å². The summed E-state index contributed by atoms with van der Waals surface area (Å²) in [4.78, 5) is 32.9. The number of carbonyl (C=O) groups is 2. The second-order valence-electron chi connectivity index (χ2n) is 4.04. The summed E-state index contributed by atoms with van der Waals surface area (Å²) < 4.78 is 1.22. The number of carboxylic acids is 1. The van der Waals surface area contributed by atoms with Crippen molar-refractivity contribution in [3.05, 3.63) is 21.5 Å². The number of nitrogens with one attached hydrogen (secondary N) is 1. The Kier molecular flexibility index (Phi) is 5.18. The van der Waals surface area contributed by atoms with Crippen molar-refractivity contribution in [2.45, 2.75) is 33.2 Å². The predicted molar refractivity (Wildman–Crippen MR) is 68.5 cm³/mol. The normalized spacial score (nSPS) is 10.3. The first-order valence-corrected chi connectivity index (χ1v) is 6.16. The van der Waals surface area contributed by atoms with Crippen LogP contribution in [0.25, 0.3) is 0 Å². The third-order valence-electron chi connectivity index (χ3n) is 2.58. The van der Waals surface area contributed by atoms with Crippen molar-refractivity contribution in [1.82, 2.24) is 15.1 Å². The fraction of sp³-hybridized carbons (Fsp3) is 0.545. The van der Waals surface area contributed by atoms with Gasteiger partial charge in [0.25, 0.3) is 5.91 Å². The number of amides is 1. The maximum absolute atomic E-state index is 11.9. The number of hydrogen-bond acceptors (Lipinski definition) is 5. The van der Waals surface area contributed by atoms with Gasteiger partial charge in [-0.15, -0.1) is 0 Å². The molecule has 0 bridgehead atoms. The molecule has 0 spiro atoms. The molecule has 0 radical (unpaired) electrons. The largest absolute Gasteiger partial charge is 0.480 e. The van der Waals surface area contributed by atoms with Crippen LogP contribution in [0.3, 0.4) is 0 Å². The van der Waals surface area contributed by atoms with Gasteiger partial charge in [0.15, 0.2) is 0 Å². The molecule has 1 rings (SSSR count). The molecule has 2 N–H and O–H groups in total. The topological polar surface area (TPSA) is 127 Å². The number of aromatic nitrogens is 2. The van der Waals surface area contributed by atoms with Crippen LogP contribution in [-0.2, 0) is 17.8 Å². The first-order valence-electron chi connectivity index (χ1n) is 6.16. The maximum Gasteiger partial charge on any atom is 0.323 e. The maximum atomic E-state index is 11.9. The van der Waals surface area contributed by atoms with Crippen LogP contribution < -0.4 is 5.32 Å². The highest BCUT2D eigenvalue weighted by molar-refractivity contribution is 5.98. The minimum absolute atomic E-state index is 0.206. The summed E-state index contributed by atoms with van der Waals surface area (Å²) >= 11 is 0. The molecule has 1 aromatic rings. The van der Waals surface area contributed by atoms with Crippen LogP contribution in [0.2, 0.25) is 0 Å². The van der Waals surface area contributed by atoms with Crippen molar-refractivity contribution < 1.29 is 19.6 Å². The summed E-state index contributed by atoms with van der Waals surface area (Å²) in [7, 11) is 0. The second-order valence-corrected chi connectivity index (χ2v) is 4.04. The Morgan fingerprint density at radius 2 is 2.10 bits per heavy atom. The molecule has 0 saturated heterocycles. The highest BCUT2D eigenvalue weighted by Crippen LogP contribution is 2.24. The van der Waals surface area contributed by atoms with Gasteiger partial charge in [-0.1, -0.05) is 13.3 Å². The molecule has 0 aliphatic rings. The van der Waals surface area contributed by atoms with E-state index in [2.05, 4.69) is 10.4 Å². The van der Waals surface area contributed by atoms with E-state index in [1.807, 2.05) is 6.92 Å². The Bertz CT molecular complexity index is 537. The van der Waals surface area contributed by atoms with E-state index in [0.29, 0.717) is 12.8 Å². The first-order chi connectivity index (χ1) is 9.42. The Labute approximate surface area is 114 Å². The van der Waals surface area contributed by atoms with E-state index in [0.717, 1.165) is 0 Å². The molecule has 1 amide bonds. The molecule has 9 nitrogen and oxygen atoms in total. The molecular formula is C11H16N4O5. The monoisotopic (exact) mass is 284 g/mol. The molecule has 110 valence electrons. The van der Waals surface area contributed by atoms with E-state index in [9.17, 15) is 19.7 Å². The van der Waals surface area contributed by atoms with E-state index < -0.39 is 23.3 Å². The van der Waals surface area contributed by atoms with Crippen molar-refractivity contribution in [3.63, 3.8) is 0 Å². The van der Waals surface area contributed by atoms with Crippen LogP contribution in [-0.4, -0.2) is 38.2 Å². The van der Waals surface area contributed by atoms with Gasteiger partial charge >= 0.3 is 11.7 Å². The molecule has 20 heavy (non-hydrogen) atoms. The smallest absolute Gasteiger partial charge is 0.323 e.